The molecule has 4 nitrogen and oxygen atoms in total. The van der Waals surface area contributed by atoms with Crippen molar-refractivity contribution in [2.45, 2.75) is 58.6 Å². The molecule has 3 rings (SSSR count). The molecule has 1 fully saturated rings. The van der Waals surface area contributed by atoms with E-state index in [2.05, 4.69) is 19.1 Å². The maximum Gasteiger partial charge on any atom is 0.410 e. The molecule has 0 N–H and O–H groups in total. The molecule has 1 heterocycles. The van der Waals surface area contributed by atoms with Gasteiger partial charge in [-0.25, -0.2) is 4.79 Å². The molecule has 23 heavy (non-hydrogen) atoms. The third kappa shape index (κ3) is 4.18. The zero-order chi connectivity index (χ0) is 16.6. The van der Waals surface area contributed by atoms with Gasteiger partial charge < -0.3 is 14.4 Å². The van der Waals surface area contributed by atoms with Crippen LogP contribution in [0.4, 0.5) is 4.79 Å². The number of hydrogen-bond donors (Lipinski definition) is 0. The van der Waals surface area contributed by atoms with Crippen molar-refractivity contribution in [2.75, 3.05) is 13.2 Å². The van der Waals surface area contributed by atoms with Gasteiger partial charge in [0.15, 0.2) is 0 Å². The number of amides is 1. The van der Waals surface area contributed by atoms with E-state index >= 15 is 0 Å². The lowest BCUT2D eigenvalue weighted by molar-refractivity contribution is 0.0209. The maximum atomic E-state index is 12.3. The first-order valence-corrected chi connectivity index (χ1v) is 8.55. The van der Waals surface area contributed by atoms with Crippen LogP contribution in [0.2, 0.25) is 0 Å². The summed E-state index contributed by atoms with van der Waals surface area (Å²) >= 11 is 0. The maximum absolute atomic E-state index is 12.3. The Kier molecular flexibility index (Phi) is 4.26. The normalized spacial score (nSPS) is 20.9. The molecule has 0 radical (unpaired) electrons. The molecule has 1 atom stereocenters. The van der Waals surface area contributed by atoms with Gasteiger partial charge in [0.1, 0.15) is 11.4 Å². The number of carbonyl (C=O) groups excluding carboxylic acids is 1. The number of fused-ring (bicyclic) bond motifs is 1. The Morgan fingerprint density at radius 1 is 1.30 bits per heavy atom. The molecule has 1 aliphatic carbocycles. The topological polar surface area (TPSA) is 38.8 Å². The fraction of sp³-hybridized carbons (Fsp3) is 0.632. The molecule has 1 amide bonds. The average Bonchev–Trinajstić information content (AvgIpc) is 3.27. The van der Waals surface area contributed by atoms with Gasteiger partial charge in [0.25, 0.3) is 0 Å². The Labute approximate surface area is 138 Å². The van der Waals surface area contributed by atoms with E-state index in [4.69, 9.17) is 9.47 Å². The fourth-order valence-corrected chi connectivity index (χ4v) is 2.93. The number of ether oxygens (including phenoxy) is 2. The quantitative estimate of drug-likeness (QED) is 0.833. The molecule has 2 aliphatic rings. The molecule has 1 aromatic rings. The van der Waals surface area contributed by atoms with Crippen LogP contribution in [0.1, 0.15) is 57.6 Å². The number of hydrogen-bond acceptors (Lipinski definition) is 3. The van der Waals surface area contributed by atoms with Crippen molar-refractivity contribution in [3.8, 4) is 5.75 Å². The second-order valence-electron chi connectivity index (χ2n) is 7.88. The largest absolute Gasteiger partial charge is 0.493 e. The highest BCUT2D eigenvalue weighted by Crippen LogP contribution is 2.33. The van der Waals surface area contributed by atoms with Gasteiger partial charge >= 0.3 is 6.09 Å². The van der Waals surface area contributed by atoms with E-state index in [-0.39, 0.29) is 12.0 Å². The van der Waals surface area contributed by atoms with Gasteiger partial charge in [0.2, 0.25) is 0 Å². The molecule has 0 saturated heterocycles. The zero-order valence-electron chi connectivity index (χ0n) is 14.6. The molecular formula is C19H27NO3. The second kappa shape index (κ2) is 6.06. The van der Waals surface area contributed by atoms with Gasteiger partial charge in [-0.15, -0.1) is 0 Å². The smallest absolute Gasteiger partial charge is 0.410 e. The summed E-state index contributed by atoms with van der Waals surface area (Å²) < 4.78 is 11.4. The third-order valence-corrected chi connectivity index (χ3v) is 4.34. The first kappa shape index (κ1) is 16.2. The van der Waals surface area contributed by atoms with Crippen molar-refractivity contribution < 1.29 is 14.3 Å². The lowest BCUT2D eigenvalue weighted by Gasteiger charge is -2.34. The van der Waals surface area contributed by atoms with Gasteiger partial charge in [-0.05, 0) is 68.7 Å². The molecule has 0 spiro atoms. The Hall–Kier alpha value is -1.71. The predicted octanol–water partition coefficient (Wildman–Crippen LogP) is 4.33. The molecule has 1 unspecified atom stereocenters. The third-order valence-electron chi connectivity index (χ3n) is 4.34. The van der Waals surface area contributed by atoms with E-state index in [1.165, 1.54) is 24.0 Å². The first-order valence-electron chi connectivity index (χ1n) is 8.55. The van der Waals surface area contributed by atoms with E-state index in [1.807, 2.05) is 26.8 Å². The summed E-state index contributed by atoms with van der Waals surface area (Å²) in [5, 5.41) is 0. The Bertz CT molecular complexity index is 587. The Balaban J connectivity index is 1.68. The van der Waals surface area contributed by atoms with Gasteiger partial charge in [-0.1, -0.05) is 13.0 Å². The van der Waals surface area contributed by atoms with Crippen LogP contribution < -0.4 is 4.74 Å². The van der Waals surface area contributed by atoms with Crippen molar-refractivity contribution in [1.29, 1.82) is 0 Å². The summed E-state index contributed by atoms with van der Waals surface area (Å²) in [5.41, 5.74) is 2.02. The van der Waals surface area contributed by atoms with Crippen LogP contribution in [0.3, 0.4) is 0 Å². The first-order chi connectivity index (χ1) is 10.8. The van der Waals surface area contributed by atoms with Crippen LogP contribution in [0.25, 0.3) is 0 Å². The van der Waals surface area contributed by atoms with Crippen molar-refractivity contribution in [3.63, 3.8) is 0 Å². The van der Waals surface area contributed by atoms with Gasteiger partial charge in [0, 0.05) is 13.1 Å². The molecule has 1 aromatic carbocycles. The predicted molar refractivity (Wildman–Crippen MR) is 89.7 cm³/mol. The van der Waals surface area contributed by atoms with Gasteiger partial charge in [-0.3, -0.25) is 0 Å². The number of rotatable bonds is 3. The van der Waals surface area contributed by atoms with Crippen molar-refractivity contribution >= 4 is 6.09 Å². The van der Waals surface area contributed by atoms with Crippen molar-refractivity contribution in [3.05, 3.63) is 29.3 Å². The summed E-state index contributed by atoms with van der Waals surface area (Å²) in [4.78, 5) is 14.1. The average molecular weight is 317 g/mol. The second-order valence-corrected chi connectivity index (χ2v) is 7.88. The minimum absolute atomic E-state index is 0.232. The highest BCUT2D eigenvalue weighted by molar-refractivity contribution is 5.69. The molecule has 4 heteroatoms. The Morgan fingerprint density at radius 2 is 2.04 bits per heavy atom. The summed E-state index contributed by atoms with van der Waals surface area (Å²) in [6.07, 6.45) is 2.36. The Morgan fingerprint density at radius 3 is 2.70 bits per heavy atom. The van der Waals surface area contributed by atoms with Crippen LogP contribution in [0.15, 0.2) is 18.2 Å². The summed E-state index contributed by atoms with van der Waals surface area (Å²) in [6, 6.07) is 6.26. The highest BCUT2D eigenvalue weighted by atomic mass is 16.6. The van der Waals surface area contributed by atoms with E-state index in [1.54, 1.807) is 4.90 Å². The fourth-order valence-electron chi connectivity index (χ4n) is 2.93. The van der Waals surface area contributed by atoms with Gasteiger partial charge in [0.05, 0.1) is 6.61 Å². The number of carbonyl (C=O) groups is 1. The molecule has 0 aromatic heterocycles. The minimum Gasteiger partial charge on any atom is -0.493 e. The summed E-state index contributed by atoms with van der Waals surface area (Å²) in [5.74, 6) is 2.00. The molecular weight excluding hydrogens is 290 g/mol. The van der Waals surface area contributed by atoms with Crippen LogP contribution in [-0.2, 0) is 11.3 Å². The monoisotopic (exact) mass is 317 g/mol. The van der Waals surface area contributed by atoms with E-state index in [0.29, 0.717) is 13.1 Å². The summed E-state index contributed by atoms with van der Waals surface area (Å²) in [7, 11) is 0. The molecule has 1 saturated carbocycles. The summed E-state index contributed by atoms with van der Waals surface area (Å²) in [6.45, 7) is 9.98. The van der Waals surface area contributed by atoms with Crippen LogP contribution in [0, 0.1) is 5.92 Å². The number of nitrogens with zero attached hydrogens (tertiary/aromatic N) is 1. The lowest BCUT2D eigenvalue weighted by Crippen LogP contribution is -2.41. The van der Waals surface area contributed by atoms with Crippen LogP contribution in [0.5, 0.6) is 5.75 Å². The molecule has 1 aliphatic heterocycles. The van der Waals surface area contributed by atoms with E-state index in [0.717, 1.165) is 18.3 Å². The zero-order valence-corrected chi connectivity index (χ0v) is 14.6. The molecule has 0 bridgehead atoms. The number of benzene rings is 1. The van der Waals surface area contributed by atoms with E-state index in [9.17, 15) is 4.79 Å². The van der Waals surface area contributed by atoms with Crippen LogP contribution >= 0.6 is 0 Å². The van der Waals surface area contributed by atoms with E-state index < -0.39 is 5.60 Å². The highest BCUT2D eigenvalue weighted by Gasteiger charge is 2.29. The SMILES string of the molecule is CC1CN(C(=O)OC(C)(C)C)Cc2ccc(OCC3CC3)cc21. The van der Waals surface area contributed by atoms with Crippen molar-refractivity contribution in [1.82, 2.24) is 4.90 Å². The lowest BCUT2D eigenvalue weighted by atomic mass is 9.91. The van der Waals surface area contributed by atoms with Crippen LogP contribution in [-0.4, -0.2) is 29.7 Å². The molecule has 126 valence electrons. The van der Waals surface area contributed by atoms with Gasteiger partial charge in [-0.2, -0.15) is 0 Å². The van der Waals surface area contributed by atoms with Crippen molar-refractivity contribution in [2.24, 2.45) is 5.92 Å². The standard InChI is InChI=1S/C19H27NO3/c1-13-10-20(18(21)23-19(2,3)4)11-15-7-8-16(9-17(13)15)22-12-14-5-6-14/h7-9,13-14H,5-6,10-12H2,1-4H3. The minimum atomic E-state index is -0.457.